The summed E-state index contributed by atoms with van der Waals surface area (Å²) in [5.41, 5.74) is 1.91. The van der Waals surface area contributed by atoms with Crippen molar-refractivity contribution in [3.63, 3.8) is 0 Å². The number of hydrogen-bond donors (Lipinski definition) is 1. The third kappa shape index (κ3) is 4.95. The maximum atomic E-state index is 12.0. The SMILES string of the molecule is CCCOc1ccccc1NC(=O)CCc1ccccc1. The Morgan fingerprint density at radius 2 is 1.76 bits per heavy atom. The topological polar surface area (TPSA) is 38.3 Å². The molecule has 21 heavy (non-hydrogen) atoms. The molecular weight excluding hydrogens is 262 g/mol. The zero-order chi connectivity index (χ0) is 14.9. The molecule has 2 aromatic rings. The molecule has 0 spiro atoms. The van der Waals surface area contributed by atoms with E-state index in [9.17, 15) is 4.79 Å². The van der Waals surface area contributed by atoms with Crippen LogP contribution in [0.3, 0.4) is 0 Å². The van der Waals surface area contributed by atoms with Crippen LogP contribution in [0.2, 0.25) is 0 Å². The quantitative estimate of drug-likeness (QED) is 0.832. The van der Waals surface area contributed by atoms with Crippen LogP contribution in [0.5, 0.6) is 5.75 Å². The van der Waals surface area contributed by atoms with Gasteiger partial charge in [-0.15, -0.1) is 0 Å². The van der Waals surface area contributed by atoms with Crippen molar-refractivity contribution in [2.45, 2.75) is 26.2 Å². The fourth-order valence-electron chi connectivity index (χ4n) is 2.02. The average Bonchev–Trinajstić information content (AvgIpc) is 2.53. The highest BCUT2D eigenvalue weighted by atomic mass is 16.5. The van der Waals surface area contributed by atoms with E-state index < -0.39 is 0 Å². The van der Waals surface area contributed by atoms with Gasteiger partial charge in [-0.05, 0) is 30.5 Å². The van der Waals surface area contributed by atoms with E-state index in [0.29, 0.717) is 13.0 Å². The normalized spacial score (nSPS) is 10.1. The lowest BCUT2D eigenvalue weighted by Crippen LogP contribution is -2.13. The fourth-order valence-corrected chi connectivity index (χ4v) is 2.02. The zero-order valence-corrected chi connectivity index (χ0v) is 12.3. The lowest BCUT2D eigenvalue weighted by molar-refractivity contribution is -0.116. The predicted octanol–water partition coefficient (Wildman–Crippen LogP) is 4.05. The Kier molecular flexibility index (Phi) is 5.83. The van der Waals surface area contributed by atoms with Crippen molar-refractivity contribution in [3.05, 3.63) is 60.2 Å². The minimum absolute atomic E-state index is 0.00593. The van der Waals surface area contributed by atoms with E-state index in [1.165, 1.54) is 5.56 Å². The van der Waals surface area contributed by atoms with Crippen LogP contribution in [-0.4, -0.2) is 12.5 Å². The second-order valence-corrected chi connectivity index (χ2v) is 4.88. The minimum atomic E-state index is 0.00593. The van der Waals surface area contributed by atoms with Gasteiger partial charge < -0.3 is 10.1 Å². The summed E-state index contributed by atoms with van der Waals surface area (Å²) in [7, 11) is 0. The zero-order valence-electron chi connectivity index (χ0n) is 12.3. The Balaban J connectivity index is 1.90. The molecule has 3 nitrogen and oxygen atoms in total. The van der Waals surface area contributed by atoms with E-state index in [-0.39, 0.29) is 5.91 Å². The van der Waals surface area contributed by atoms with Crippen LogP contribution >= 0.6 is 0 Å². The molecular formula is C18H21NO2. The second kappa shape index (κ2) is 8.10. The molecule has 0 heterocycles. The van der Waals surface area contributed by atoms with Crippen molar-refractivity contribution in [1.29, 1.82) is 0 Å². The molecule has 0 unspecified atom stereocenters. The first-order valence-electron chi connectivity index (χ1n) is 7.35. The van der Waals surface area contributed by atoms with Crippen molar-refractivity contribution >= 4 is 11.6 Å². The van der Waals surface area contributed by atoms with Crippen molar-refractivity contribution in [3.8, 4) is 5.75 Å². The molecule has 110 valence electrons. The van der Waals surface area contributed by atoms with Crippen LogP contribution in [-0.2, 0) is 11.2 Å². The average molecular weight is 283 g/mol. The largest absolute Gasteiger partial charge is 0.491 e. The number of para-hydroxylation sites is 2. The van der Waals surface area contributed by atoms with Crippen molar-refractivity contribution in [1.82, 2.24) is 0 Å². The molecule has 0 saturated heterocycles. The Labute approximate surface area is 126 Å². The van der Waals surface area contributed by atoms with E-state index in [0.717, 1.165) is 24.3 Å². The Bertz CT molecular complexity index is 566. The predicted molar refractivity (Wildman–Crippen MR) is 85.6 cm³/mol. The van der Waals surface area contributed by atoms with Gasteiger partial charge in [-0.2, -0.15) is 0 Å². The molecule has 2 rings (SSSR count). The molecule has 0 aromatic heterocycles. The van der Waals surface area contributed by atoms with Gasteiger partial charge in [0.1, 0.15) is 5.75 Å². The van der Waals surface area contributed by atoms with Crippen molar-refractivity contribution in [2.75, 3.05) is 11.9 Å². The van der Waals surface area contributed by atoms with E-state index >= 15 is 0 Å². The van der Waals surface area contributed by atoms with Crippen molar-refractivity contribution < 1.29 is 9.53 Å². The minimum Gasteiger partial charge on any atom is -0.491 e. The smallest absolute Gasteiger partial charge is 0.224 e. The number of anilines is 1. The maximum absolute atomic E-state index is 12.0. The molecule has 1 amide bonds. The first-order chi connectivity index (χ1) is 10.3. The number of hydrogen-bond acceptors (Lipinski definition) is 2. The number of nitrogens with one attached hydrogen (secondary N) is 1. The molecule has 0 atom stereocenters. The van der Waals surface area contributed by atoms with Gasteiger partial charge in [0.25, 0.3) is 0 Å². The summed E-state index contributed by atoms with van der Waals surface area (Å²) in [6, 6.07) is 17.6. The monoisotopic (exact) mass is 283 g/mol. The summed E-state index contributed by atoms with van der Waals surface area (Å²) < 4.78 is 5.64. The van der Waals surface area contributed by atoms with Gasteiger partial charge in [0.05, 0.1) is 12.3 Å². The second-order valence-electron chi connectivity index (χ2n) is 4.88. The van der Waals surface area contributed by atoms with Crippen LogP contribution in [0.15, 0.2) is 54.6 Å². The number of carbonyl (C=O) groups is 1. The number of aryl methyl sites for hydroxylation is 1. The molecule has 0 saturated carbocycles. The molecule has 3 heteroatoms. The maximum Gasteiger partial charge on any atom is 0.224 e. The first-order valence-corrected chi connectivity index (χ1v) is 7.35. The van der Waals surface area contributed by atoms with E-state index in [4.69, 9.17) is 4.74 Å². The third-order valence-corrected chi connectivity index (χ3v) is 3.11. The van der Waals surface area contributed by atoms with Crippen LogP contribution in [0.4, 0.5) is 5.69 Å². The Morgan fingerprint density at radius 1 is 1.05 bits per heavy atom. The van der Waals surface area contributed by atoms with Gasteiger partial charge in [0.15, 0.2) is 0 Å². The first kappa shape index (κ1) is 15.1. The molecule has 0 aliphatic rings. The molecule has 0 bridgehead atoms. The number of carbonyl (C=O) groups excluding carboxylic acids is 1. The number of amides is 1. The molecule has 2 aromatic carbocycles. The molecule has 0 aliphatic heterocycles. The molecule has 1 N–H and O–H groups in total. The summed E-state index contributed by atoms with van der Waals surface area (Å²) >= 11 is 0. The summed E-state index contributed by atoms with van der Waals surface area (Å²) in [5, 5.41) is 2.93. The number of benzene rings is 2. The Hall–Kier alpha value is -2.29. The van der Waals surface area contributed by atoms with Crippen molar-refractivity contribution in [2.24, 2.45) is 0 Å². The Morgan fingerprint density at radius 3 is 2.52 bits per heavy atom. The third-order valence-electron chi connectivity index (χ3n) is 3.11. The summed E-state index contributed by atoms with van der Waals surface area (Å²) in [5.74, 6) is 0.735. The number of rotatable bonds is 7. The summed E-state index contributed by atoms with van der Waals surface area (Å²) in [6.45, 7) is 2.71. The highest BCUT2D eigenvalue weighted by Gasteiger charge is 2.07. The van der Waals surface area contributed by atoms with E-state index in [1.54, 1.807) is 0 Å². The molecule has 0 aliphatic carbocycles. The van der Waals surface area contributed by atoms with E-state index in [2.05, 4.69) is 12.2 Å². The fraction of sp³-hybridized carbons (Fsp3) is 0.278. The van der Waals surface area contributed by atoms with Gasteiger partial charge in [0.2, 0.25) is 5.91 Å². The van der Waals surface area contributed by atoms with Crippen LogP contribution < -0.4 is 10.1 Å². The highest BCUT2D eigenvalue weighted by Crippen LogP contribution is 2.24. The number of ether oxygens (including phenoxy) is 1. The standard InChI is InChI=1S/C18H21NO2/c1-2-14-21-17-11-7-6-10-16(17)19-18(20)13-12-15-8-4-3-5-9-15/h3-11H,2,12-14H2,1H3,(H,19,20). The summed E-state index contributed by atoms with van der Waals surface area (Å²) in [6.07, 6.45) is 2.15. The van der Waals surface area contributed by atoms with Crippen LogP contribution in [0.25, 0.3) is 0 Å². The summed E-state index contributed by atoms with van der Waals surface area (Å²) in [4.78, 5) is 12.0. The van der Waals surface area contributed by atoms with Crippen LogP contribution in [0.1, 0.15) is 25.3 Å². The lowest BCUT2D eigenvalue weighted by atomic mass is 10.1. The van der Waals surface area contributed by atoms with Gasteiger partial charge in [-0.25, -0.2) is 0 Å². The van der Waals surface area contributed by atoms with Gasteiger partial charge in [0, 0.05) is 6.42 Å². The van der Waals surface area contributed by atoms with Crippen LogP contribution in [0, 0.1) is 0 Å². The van der Waals surface area contributed by atoms with Gasteiger partial charge in [-0.1, -0.05) is 49.4 Å². The lowest BCUT2D eigenvalue weighted by Gasteiger charge is -2.11. The molecule has 0 radical (unpaired) electrons. The van der Waals surface area contributed by atoms with Gasteiger partial charge >= 0.3 is 0 Å². The molecule has 0 fully saturated rings. The van der Waals surface area contributed by atoms with E-state index in [1.807, 2.05) is 54.6 Å². The van der Waals surface area contributed by atoms with Gasteiger partial charge in [-0.3, -0.25) is 4.79 Å². The highest BCUT2D eigenvalue weighted by molar-refractivity contribution is 5.92.